The fraction of sp³-hybridized carbons (Fsp3) is 0.462. The SMILES string of the molecule is NC1=NC(c2cccc(Br)c2)(C2CC2)C(F)OC1. The number of hydrogen-bond acceptors (Lipinski definition) is 3. The van der Waals surface area contributed by atoms with Crippen LogP contribution in [0.25, 0.3) is 0 Å². The van der Waals surface area contributed by atoms with E-state index in [0.717, 1.165) is 22.9 Å². The van der Waals surface area contributed by atoms with E-state index in [2.05, 4.69) is 20.9 Å². The summed E-state index contributed by atoms with van der Waals surface area (Å²) in [6.07, 6.45) is 0.506. The first kappa shape index (κ1) is 12.1. The van der Waals surface area contributed by atoms with E-state index in [-0.39, 0.29) is 12.5 Å². The molecule has 3 nitrogen and oxygen atoms in total. The Balaban J connectivity index is 2.14. The first-order chi connectivity index (χ1) is 8.63. The van der Waals surface area contributed by atoms with Gasteiger partial charge in [0, 0.05) is 4.47 Å². The van der Waals surface area contributed by atoms with Gasteiger partial charge in [-0.05, 0) is 36.5 Å². The van der Waals surface area contributed by atoms with Gasteiger partial charge in [-0.25, -0.2) is 4.39 Å². The van der Waals surface area contributed by atoms with Crippen LogP contribution in [-0.4, -0.2) is 18.8 Å². The Hall–Kier alpha value is -0.940. The standard InChI is InChI=1S/C13H14BrFN2O/c14-10-3-1-2-9(6-10)13(8-4-5-8)12(15)18-7-11(16)17-13/h1-3,6,8,12H,4-5,7H2,(H2,16,17). The molecule has 0 amide bonds. The van der Waals surface area contributed by atoms with Crippen LogP contribution in [0.4, 0.5) is 4.39 Å². The highest BCUT2D eigenvalue weighted by Gasteiger charge is 2.55. The van der Waals surface area contributed by atoms with E-state index in [4.69, 9.17) is 10.5 Å². The van der Waals surface area contributed by atoms with Crippen LogP contribution in [0.5, 0.6) is 0 Å². The molecule has 0 spiro atoms. The third kappa shape index (κ3) is 1.86. The summed E-state index contributed by atoms with van der Waals surface area (Å²) in [5.74, 6) is 0.552. The lowest BCUT2D eigenvalue weighted by atomic mass is 9.84. The summed E-state index contributed by atoms with van der Waals surface area (Å²) in [6.45, 7) is 0.0731. The number of rotatable bonds is 2. The van der Waals surface area contributed by atoms with E-state index in [0.29, 0.717) is 5.84 Å². The molecule has 1 aliphatic heterocycles. The van der Waals surface area contributed by atoms with E-state index in [1.165, 1.54) is 0 Å². The monoisotopic (exact) mass is 312 g/mol. The van der Waals surface area contributed by atoms with Gasteiger partial charge in [-0.15, -0.1) is 0 Å². The molecule has 2 N–H and O–H groups in total. The molecular weight excluding hydrogens is 299 g/mol. The van der Waals surface area contributed by atoms with Crippen LogP contribution in [0.15, 0.2) is 33.7 Å². The maximum atomic E-state index is 14.4. The molecule has 1 heterocycles. The largest absolute Gasteiger partial charge is 0.385 e. The van der Waals surface area contributed by atoms with Crippen molar-refractivity contribution >= 4 is 21.8 Å². The van der Waals surface area contributed by atoms with Crippen LogP contribution < -0.4 is 5.73 Å². The van der Waals surface area contributed by atoms with Crippen molar-refractivity contribution in [1.29, 1.82) is 0 Å². The number of halogens is 2. The third-order valence-electron chi connectivity index (χ3n) is 3.54. The molecule has 1 saturated carbocycles. The van der Waals surface area contributed by atoms with Crippen LogP contribution >= 0.6 is 15.9 Å². The number of hydrogen-bond donors (Lipinski definition) is 1. The lowest BCUT2D eigenvalue weighted by Gasteiger charge is -2.37. The summed E-state index contributed by atoms with van der Waals surface area (Å²) in [6, 6.07) is 7.59. The van der Waals surface area contributed by atoms with Gasteiger partial charge in [0.1, 0.15) is 18.0 Å². The van der Waals surface area contributed by atoms with E-state index < -0.39 is 11.9 Å². The zero-order valence-electron chi connectivity index (χ0n) is 9.77. The summed E-state index contributed by atoms with van der Waals surface area (Å²) >= 11 is 3.41. The summed E-state index contributed by atoms with van der Waals surface area (Å²) in [7, 11) is 0. The van der Waals surface area contributed by atoms with Gasteiger partial charge in [0.25, 0.3) is 0 Å². The van der Waals surface area contributed by atoms with Gasteiger partial charge in [-0.3, -0.25) is 4.99 Å². The van der Waals surface area contributed by atoms with Gasteiger partial charge in [0.2, 0.25) is 6.36 Å². The van der Waals surface area contributed by atoms with Gasteiger partial charge in [-0.1, -0.05) is 28.1 Å². The highest BCUT2D eigenvalue weighted by molar-refractivity contribution is 9.10. The predicted octanol–water partition coefficient (Wildman–Crippen LogP) is 2.74. The van der Waals surface area contributed by atoms with Crippen LogP contribution in [0.3, 0.4) is 0 Å². The molecule has 1 aromatic rings. The molecule has 1 fully saturated rings. The Kier molecular flexibility index (Phi) is 2.90. The lowest BCUT2D eigenvalue weighted by Crippen LogP contribution is -2.46. The minimum atomic E-state index is -1.42. The van der Waals surface area contributed by atoms with E-state index >= 15 is 0 Å². The molecular formula is C13H14BrFN2O. The Labute approximate surface area is 113 Å². The van der Waals surface area contributed by atoms with Gasteiger partial charge < -0.3 is 10.5 Å². The molecule has 5 heteroatoms. The Bertz CT molecular complexity index is 504. The van der Waals surface area contributed by atoms with Crippen molar-refractivity contribution in [2.45, 2.75) is 24.7 Å². The highest BCUT2D eigenvalue weighted by Crippen LogP contribution is 2.52. The maximum absolute atomic E-state index is 14.4. The van der Waals surface area contributed by atoms with Gasteiger partial charge >= 0.3 is 0 Å². The summed E-state index contributed by atoms with van der Waals surface area (Å²) in [5.41, 5.74) is 5.64. The van der Waals surface area contributed by atoms with Crippen molar-refractivity contribution in [1.82, 2.24) is 0 Å². The molecule has 0 bridgehead atoms. The molecule has 0 radical (unpaired) electrons. The van der Waals surface area contributed by atoms with Gasteiger partial charge in [0.15, 0.2) is 0 Å². The van der Waals surface area contributed by atoms with Gasteiger partial charge in [0.05, 0.1) is 0 Å². The van der Waals surface area contributed by atoms with Crippen molar-refractivity contribution in [2.24, 2.45) is 16.6 Å². The fourth-order valence-corrected chi connectivity index (χ4v) is 2.97. The molecule has 1 aliphatic carbocycles. The molecule has 2 atom stereocenters. The molecule has 2 aliphatic rings. The average Bonchev–Trinajstić information content (AvgIpc) is 3.17. The number of ether oxygens (including phenoxy) is 1. The Morgan fingerprint density at radius 3 is 2.89 bits per heavy atom. The summed E-state index contributed by atoms with van der Waals surface area (Å²) < 4.78 is 20.5. The highest BCUT2D eigenvalue weighted by atomic mass is 79.9. The quantitative estimate of drug-likeness (QED) is 0.912. The molecule has 0 saturated heterocycles. The smallest absolute Gasteiger partial charge is 0.229 e. The second kappa shape index (κ2) is 4.31. The van der Waals surface area contributed by atoms with Crippen molar-refractivity contribution < 1.29 is 9.13 Å². The summed E-state index contributed by atoms with van der Waals surface area (Å²) in [4.78, 5) is 4.44. The Morgan fingerprint density at radius 1 is 1.44 bits per heavy atom. The number of nitrogens with two attached hydrogens (primary N) is 1. The number of amidine groups is 1. The lowest BCUT2D eigenvalue weighted by molar-refractivity contribution is -0.0930. The molecule has 2 unspecified atom stereocenters. The van der Waals surface area contributed by atoms with Crippen LogP contribution in [0.1, 0.15) is 18.4 Å². The zero-order valence-corrected chi connectivity index (χ0v) is 11.4. The van der Waals surface area contributed by atoms with Crippen molar-refractivity contribution in [2.75, 3.05) is 6.61 Å². The number of alkyl halides is 1. The number of aliphatic imine (C=N–C) groups is 1. The van der Waals surface area contributed by atoms with Crippen molar-refractivity contribution in [3.63, 3.8) is 0 Å². The Morgan fingerprint density at radius 2 is 2.22 bits per heavy atom. The summed E-state index contributed by atoms with van der Waals surface area (Å²) in [5, 5.41) is 0. The first-order valence-corrected chi connectivity index (χ1v) is 6.78. The van der Waals surface area contributed by atoms with E-state index in [9.17, 15) is 4.39 Å². The minimum absolute atomic E-state index is 0.0731. The minimum Gasteiger partial charge on any atom is -0.385 e. The normalized spacial score (nSPS) is 32.1. The average molecular weight is 313 g/mol. The third-order valence-corrected chi connectivity index (χ3v) is 4.03. The fourth-order valence-electron chi connectivity index (χ4n) is 2.58. The molecule has 0 aromatic heterocycles. The van der Waals surface area contributed by atoms with Crippen LogP contribution in [-0.2, 0) is 10.3 Å². The molecule has 18 heavy (non-hydrogen) atoms. The van der Waals surface area contributed by atoms with Crippen molar-refractivity contribution in [3.8, 4) is 0 Å². The first-order valence-electron chi connectivity index (χ1n) is 5.99. The van der Waals surface area contributed by atoms with E-state index in [1.54, 1.807) is 0 Å². The number of benzene rings is 1. The molecule has 96 valence electrons. The van der Waals surface area contributed by atoms with Crippen LogP contribution in [0.2, 0.25) is 0 Å². The second-order valence-corrected chi connectivity index (χ2v) is 5.76. The topological polar surface area (TPSA) is 47.6 Å². The maximum Gasteiger partial charge on any atom is 0.229 e. The van der Waals surface area contributed by atoms with Crippen molar-refractivity contribution in [3.05, 3.63) is 34.3 Å². The molecule has 3 rings (SSSR count). The van der Waals surface area contributed by atoms with Crippen LogP contribution in [0, 0.1) is 5.92 Å². The number of nitrogens with zero attached hydrogens (tertiary/aromatic N) is 1. The molecule has 1 aromatic carbocycles. The van der Waals surface area contributed by atoms with E-state index in [1.807, 2.05) is 24.3 Å². The zero-order chi connectivity index (χ0) is 12.8. The van der Waals surface area contributed by atoms with Gasteiger partial charge in [-0.2, -0.15) is 0 Å². The predicted molar refractivity (Wildman–Crippen MR) is 71.0 cm³/mol. The second-order valence-electron chi connectivity index (χ2n) is 4.84.